The zero-order chi connectivity index (χ0) is 17.4. The molecule has 0 spiro atoms. The molecule has 0 radical (unpaired) electrons. The molecule has 0 heterocycles. The van der Waals surface area contributed by atoms with Gasteiger partial charge >= 0.3 is 5.97 Å². The quantitative estimate of drug-likeness (QED) is 0.481. The molecule has 0 N–H and O–H groups in total. The molecule has 0 aromatic heterocycles. The second-order valence-electron chi connectivity index (χ2n) is 6.40. The van der Waals surface area contributed by atoms with Gasteiger partial charge in [-0.1, -0.05) is 18.2 Å². The normalized spacial score (nSPS) is 21.6. The summed E-state index contributed by atoms with van der Waals surface area (Å²) in [5.41, 5.74) is -2.41. The van der Waals surface area contributed by atoms with Crippen molar-refractivity contribution in [2.45, 2.75) is 32.3 Å². The third-order valence-corrected chi connectivity index (χ3v) is 3.70. The third kappa shape index (κ3) is 2.74. The van der Waals surface area contributed by atoms with E-state index in [2.05, 4.69) is 0 Å². The first kappa shape index (κ1) is 16.4. The van der Waals surface area contributed by atoms with Crippen LogP contribution in [0.25, 0.3) is 0 Å². The standard InChI is InChI=1S/C16H15N3O4/c1-15(2,3)23-14(20)13-12(16(13,8-17)9-18)10-6-4-5-7-11(10)19(21)22/h4-7,12-13H,1-3H3/t12-,13+/m0/s1. The number of carbonyl (C=O) groups excluding carboxylic acids is 1. The first-order chi connectivity index (χ1) is 10.7. The van der Waals surface area contributed by atoms with Gasteiger partial charge in [0.15, 0.2) is 5.41 Å². The molecular weight excluding hydrogens is 298 g/mol. The highest BCUT2D eigenvalue weighted by Gasteiger charge is 2.73. The van der Waals surface area contributed by atoms with E-state index in [1.807, 2.05) is 12.1 Å². The number of ether oxygens (including phenoxy) is 1. The predicted molar refractivity (Wildman–Crippen MR) is 78.8 cm³/mol. The van der Waals surface area contributed by atoms with Crippen LogP contribution in [-0.2, 0) is 9.53 Å². The van der Waals surface area contributed by atoms with Crippen molar-refractivity contribution in [3.63, 3.8) is 0 Å². The van der Waals surface area contributed by atoms with Crippen LogP contribution in [0.15, 0.2) is 24.3 Å². The minimum atomic E-state index is -1.63. The van der Waals surface area contributed by atoms with Gasteiger partial charge in [-0.3, -0.25) is 14.9 Å². The zero-order valence-corrected chi connectivity index (χ0v) is 12.9. The number of nitrogens with zero attached hydrogens (tertiary/aromatic N) is 3. The van der Waals surface area contributed by atoms with Gasteiger partial charge in [-0.25, -0.2) is 0 Å². The Balaban J connectivity index is 2.47. The summed E-state index contributed by atoms with van der Waals surface area (Å²) in [7, 11) is 0. The Morgan fingerprint density at radius 1 is 1.30 bits per heavy atom. The lowest BCUT2D eigenvalue weighted by Gasteiger charge is -2.19. The van der Waals surface area contributed by atoms with E-state index in [9.17, 15) is 25.4 Å². The molecule has 118 valence electrons. The van der Waals surface area contributed by atoms with Crippen LogP contribution in [0.5, 0.6) is 0 Å². The highest BCUT2D eigenvalue weighted by atomic mass is 16.6. The van der Waals surface area contributed by atoms with E-state index >= 15 is 0 Å². The Kier molecular flexibility index (Phi) is 3.83. The van der Waals surface area contributed by atoms with Crippen molar-refractivity contribution in [3.05, 3.63) is 39.9 Å². The minimum Gasteiger partial charge on any atom is -0.460 e. The molecular formula is C16H15N3O4. The van der Waals surface area contributed by atoms with Gasteiger partial charge in [-0.15, -0.1) is 0 Å². The van der Waals surface area contributed by atoms with Crippen molar-refractivity contribution in [1.82, 2.24) is 0 Å². The molecule has 23 heavy (non-hydrogen) atoms. The molecule has 2 atom stereocenters. The Bertz CT molecular complexity index is 738. The van der Waals surface area contributed by atoms with E-state index in [1.165, 1.54) is 18.2 Å². The molecule has 0 saturated heterocycles. The van der Waals surface area contributed by atoms with Crippen LogP contribution in [0.3, 0.4) is 0 Å². The molecule has 7 nitrogen and oxygen atoms in total. The maximum absolute atomic E-state index is 12.3. The highest BCUT2D eigenvalue weighted by Crippen LogP contribution is 2.66. The zero-order valence-electron chi connectivity index (χ0n) is 12.9. The van der Waals surface area contributed by atoms with Crippen LogP contribution in [0.1, 0.15) is 32.3 Å². The predicted octanol–water partition coefficient (Wildman–Crippen LogP) is 2.68. The largest absolute Gasteiger partial charge is 0.460 e. The third-order valence-electron chi connectivity index (χ3n) is 3.70. The second-order valence-corrected chi connectivity index (χ2v) is 6.40. The summed E-state index contributed by atoms with van der Waals surface area (Å²) >= 11 is 0. The molecule has 1 fully saturated rings. The van der Waals surface area contributed by atoms with Crippen LogP contribution in [-0.4, -0.2) is 16.5 Å². The average Bonchev–Trinajstić information content (AvgIpc) is 3.15. The number of benzene rings is 1. The molecule has 1 aliphatic carbocycles. The number of nitriles is 2. The molecule has 1 aromatic carbocycles. The molecule has 1 saturated carbocycles. The molecule has 1 aromatic rings. The molecule has 2 rings (SSSR count). The van der Waals surface area contributed by atoms with E-state index in [0.717, 1.165) is 0 Å². The molecule has 7 heteroatoms. The summed E-state index contributed by atoms with van der Waals surface area (Å²) in [4.78, 5) is 22.9. The number of carbonyl (C=O) groups is 1. The van der Waals surface area contributed by atoms with E-state index in [0.29, 0.717) is 0 Å². The smallest absolute Gasteiger partial charge is 0.312 e. The van der Waals surface area contributed by atoms with Crippen LogP contribution < -0.4 is 0 Å². The molecule has 0 amide bonds. The van der Waals surface area contributed by atoms with Gasteiger partial charge in [-0.2, -0.15) is 10.5 Å². The van der Waals surface area contributed by atoms with Gasteiger partial charge in [0.05, 0.1) is 23.0 Å². The number of nitro groups is 1. The van der Waals surface area contributed by atoms with Crippen LogP contribution in [0.4, 0.5) is 5.69 Å². The first-order valence-electron chi connectivity index (χ1n) is 6.96. The molecule has 0 unspecified atom stereocenters. The highest BCUT2D eigenvalue weighted by molar-refractivity contribution is 5.83. The number of hydrogen-bond donors (Lipinski definition) is 0. The van der Waals surface area contributed by atoms with Crippen molar-refractivity contribution in [3.8, 4) is 12.1 Å². The lowest BCUT2D eigenvalue weighted by Crippen LogP contribution is -2.26. The summed E-state index contributed by atoms with van der Waals surface area (Å²) < 4.78 is 5.26. The van der Waals surface area contributed by atoms with Crippen molar-refractivity contribution in [2.24, 2.45) is 11.3 Å². The first-order valence-corrected chi connectivity index (χ1v) is 6.96. The van der Waals surface area contributed by atoms with Crippen molar-refractivity contribution in [1.29, 1.82) is 10.5 Å². The molecule has 0 aliphatic heterocycles. The Labute approximate surface area is 133 Å². The fourth-order valence-corrected chi connectivity index (χ4v) is 2.72. The number of rotatable bonds is 3. The van der Waals surface area contributed by atoms with Crippen molar-refractivity contribution < 1.29 is 14.5 Å². The number of hydrogen-bond acceptors (Lipinski definition) is 6. The maximum Gasteiger partial charge on any atom is 0.312 e. The van der Waals surface area contributed by atoms with Gasteiger partial charge < -0.3 is 4.74 Å². The van der Waals surface area contributed by atoms with Gasteiger partial charge in [-0.05, 0) is 20.8 Å². The maximum atomic E-state index is 12.3. The van der Waals surface area contributed by atoms with E-state index in [1.54, 1.807) is 26.8 Å². The minimum absolute atomic E-state index is 0.205. The summed E-state index contributed by atoms with van der Waals surface area (Å²) in [6.45, 7) is 5.02. The van der Waals surface area contributed by atoms with Crippen molar-refractivity contribution in [2.75, 3.05) is 0 Å². The van der Waals surface area contributed by atoms with E-state index in [4.69, 9.17) is 4.74 Å². The number of esters is 1. The van der Waals surface area contributed by atoms with E-state index < -0.39 is 33.7 Å². The van der Waals surface area contributed by atoms with Crippen LogP contribution in [0, 0.1) is 44.1 Å². The lowest BCUT2D eigenvalue weighted by molar-refractivity contribution is -0.385. The van der Waals surface area contributed by atoms with Gasteiger partial charge in [0, 0.05) is 17.5 Å². The van der Waals surface area contributed by atoms with Gasteiger partial charge in [0.2, 0.25) is 0 Å². The van der Waals surface area contributed by atoms with Gasteiger partial charge in [0.1, 0.15) is 5.60 Å². The molecule has 0 bridgehead atoms. The average molecular weight is 313 g/mol. The second kappa shape index (κ2) is 5.36. The van der Waals surface area contributed by atoms with Crippen molar-refractivity contribution >= 4 is 11.7 Å². The molecule has 1 aliphatic rings. The van der Waals surface area contributed by atoms with Gasteiger partial charge in [0.25, 0.3) is 5.69 Å². The fourth-order valence-electron chi connectivity index (χ4n) is 2.72. The van der Waals surface area contributed by atoms with E-state index in [-0.39, 0.29) is 11.3 Å². The Morgan fingerprint density at radius 2 is 1.87 bits per heavy atom. The summed E-state index contributed by atoms with van der Waals surface area (Å²) in [5, 5.41) is 29.9. The lowest BCUT2D eigenvalue weighted by atomic mass is 10.0. The Morgan fingerprint density at radius 3 is 2.35 bits per heavy atom. The summed E-state index contributed by atoms with van der Waals surface area (Å²) in [5.74, 6) is -2.59. The van der Waals surface area contributed by atoms with Crippen LogP contribution in [0.2, 0.25) is 0 Å². The topological polar surface area (TPSA) is 117 Å². The monoisotopic (exact) mass is 313 g/mol. The summed E-state index contributed by atoms with van der Waals surface area (Å²) in [6, 6.07) is 9.53. The number of nitro benzene ring substituents is 1. The van der Waals surface area contributed by atoms with Crippen LogP contribution >= 0.6 is 0 Å². The SMILES string of the molecule is CC(C)(C)OC(=O)[C@H]1[C@H](c2ccccc2[N+](=O)[O-])C1(C#N)C#N. The summed E-state index contributed by atoms with van der Waals surface area (Å²) in [6.07, 6.45) is 0. The fraction of sp³-hybridized carbons (Fsp3) is 0.438. The number of para-hydroxylation sites is 1. The Hall–Kier alpha value is -2.93.